The van der Waals surface area contributed by atoms with E-state index in [9.17, 15) is 0 Å². The van der Waals surface area contributed by atoms with Crippen molar-refractivity contribution in [1.82, 2.24) is 9.97 Å². The molecule has 1 aromatic heterocycles. The highest BCUT2D eigenvalue weighted by molar-refractivity contribution is 5.39. The van der Waals surface area contributed by atoms with Gasteiger partial charge in [-0.3, -0.25) is 0 Å². The number of nitrogens with two attached hydrogens (primary N) is 1. The topological polar surface area (TPSA) is 55.0 Å². The predicted octanol–water partition coefficient (Wildman–Crippen LogP) is 0.926. The van der Waals surface area contributed by atoms with Crippen molar-refractivity contribution in [2.75, 3.05) is 18.0 Å². The van der Waals surface area contributed by atoms with Gasteiger partial charge >= 0.3 is 0 Å². The third-order valence-corrected chi connectivity index (χ3v) is 2.60. The van der Waals surface area contributed by atoms with Crippen molar-refractivity contribution in [2.24, 2.45) is 5.73 Å². The summed E-state index contributed by atoms with van der Waals surface area (Å²) in [6.45, 7) is 2.71. The minimum Gasteiger partial charge on any atom is -0.357 e. The normalized spacial score (nSPS) is 17.1. The molecule has 0 amide bonds. The van der Waals surface area contributed by atoms with Gasteiger partial charge in [0.15, 0.2) is 0 Å². The zero-order chi connectivity index (χ0) is 9.80. The monoisotopic (exact) mass is 192 g/mol. The molecule has 0 aromatic carbocycles. The van der Waals surface area contributed by atoms with Gasteiger partial charge in [0.25, 0.3) is 0 Å². The lowest BCUT2D eigenvalue weighted by Gasteiger charge is -2.27. The van der Waals surface area contributed by atoms with E-state index in [0.717, 1.165) is 24.6 Å². The molecule has 0 radical (unpaired) electrons. The van der Waals surface area contributed by atoms with Crippen LogP contribution in [-0.2, 0) is 6.54 Å². The Bertz CT molecular complexity index is 294. The van der Waals surface area contributed by atoms with Gasteiger partial charge in [-0.25, -0.2) is 9.97 Å². The van der Waals surface area contributed by atoms with Crippen molar-refractivity contribution in [3.63, 3.8) is 0 Å². The van der Waals surface area contributed by atoms with E-state index < -0.39 is 0 Å². The van der Waals surface area contributed by atoms with Crippen molar-refractivity contribution in [3.05, 3.63) is 18.1 Å². The van der Waals surface area contributed by atoms with E-state index in [-0.39, 0.29) is 0 Å². The molecule has 1 fully saturated rings. The fraction of sp³-hybridized carbons (Fsp3) is 0.600. The molecular formula is C10H16N4. The third kappa shape index (κ3) is 2.01. The summed E-state index contributed by atoms with van der Waals surface area (Å²) in [6, 6.07) is 1.99. The van der Waals surface area contributed by atoms with Crippen LogP contribution in [0, 0.1) is 0 Å². The molecule has 14 heavy (non-hydrogen) atoms. The standard InChI is InChI=1S/C10H16N4/c11-7-9-6-10(13-8-12-9)14-4-2-1-3-5-14/h6,8H,1-5,7,11H2. The molecule has 4 nitrogen and oxygen atoms in total. The summed E-state index contributed by atoms with van der Waals surface area (Å²) in [4.78, 5) is 10.7. The van der Waals surface area contributed by atoms with Gasteiger partial charge in [-0.05, 0) is 19.3 Å². The zero-order valence-corrected chi connectivity index (χ0v) is 8.32. The lowest BCUT2D eigenvalue weighted by atomic mass is 10.1. The largest absolute Gasteiger partial charge is 0.357 e. The average molecular weight is 192 g/mol. The summed E-state index contributed by atoms with van der Waals surface area (Å²) in [5, 5.41) is 0. The van der Waals surface area contributed by atoms with Crippen LogP contribution in [0.3, 0.4) is 0 Å². The Morgan fingerprint density at radius 2 is 2.00 bits per heavy atom. The molecular weight excluding hydrogens is 176 g/mol. The second-order valence-corrected chi connectivity index (χ2v) is 3.62. The predicted molar refractivity (Wildman–Crippen MR) is 56.0 cm³/mol. The summed E-state index contributed by atoms with van der Waals surface area (Å²) in [5.41, 5.74) is 6.46. The summed E-state index contributed by atoms with van der Waals surface area (Å²) in [5.74, 6) is 1.03. The molecule has 0 unspecified atom stereocenters. The van der Waals surface area contributed by atoms with Crippen molar-refractivity contribution < 1.29 is 0 Å². The van der Waals surface area contributed by atoms with Gasteiger partial charge in [0, 0.05) is 25.7 Å². The van der Waals surface area contributed by atoms with E-state index >= 15 is 0 Å². The van der Waals surface area contributed by atoms with Gasteiger partial charge in [0.05, 0.1) is 5.69 Å². The van der Waals surface area contributed by atoms with Gasteiger partial charge in [-0.15, -0.1) is 0 Å². The van der Waals surface area contributed by atoms with Crippen LogP contribution in [0.15, 0.2) is 12.4 Å². The van der Waals surface area contributed by atoms with E-state index in [1.807, 2.05) is 6.07 Å². The number of anilines is 1. The first-order valence-corrected chi connectivity index (χ1v) is 5.16. The molecule has 0 spiro atoms. The Labute approximate surface area is 84.2 Å². The second kappa shape index (κ2) is 4.37. The lowest BCUT2D eigenvalue weighted by Crippen LogP contribution is -2.30. The molecule has 0 aliphatic carbocycles. The van der Waals surface area contributed by atoms with Crippen LogP contribution in [0.1, 0.15) is 25.0 Å². The SMILES string of the molecule is NCc1cc(N2CCCCC2)ncn1. The molecule has 1 aliphatic rings. The van der Waals surface area contributed by atoms with Gasteiger partial charge < -0.3 is 10.6 Å². The molecule has 0 bridgehead atoms. The second-order valence-electron chi connectivity index (χ2n) is 3.62. The number of rotatable bonds is 2. The van der Waals surface area contributed by atoms with Crippen LogP contribution in [-0.4, -0.2) is 23.1 Å². The Morgan fingerprint density at radius 3 is 2.71 bits per heavy atom. The van der Waals surface area contributed by atoms with Gasteiger partial charge in [-0.1, -0.05) is 0 Å². The molecule has 2 heterocycles. The Kier molecular flexibility index (Phi) is 2.93. The molecule has 76 valence electrons. The highest BCUT2D eigenvalue weighted by Gasteiger charge is 2.11. The maximum absolute atomic E-state index is 5.54. The Balaban J connectivity index is 2.13. The number of hydrogen-bond donors (Lipinski definition) is 1. The van der Waals surface area contributed by atoms with Crippen molar-refractivity contribution in [3.8, 4) is 0 Å². The first-order valence-electron chi connectivity index (χ1n) is 5.16. The number of aromatic nitrogens is 2. The number of nitrogens with zero attached hydrogens (tertiary/aromatic N) is 3. The summed E-state index contributed by atoms with van der Waals surface area (Å²) >= 11 is 0. The van der Waals surface area contributed by atoms with Crippen LogP contribution >= 0.6 is 0 Å². The molecule has 2 rings (SSSR count). The Morgan fingerprint density at radius 1 is 1.21 bits per heavy atom. The van der Waals surface area contributed by atoms with E-state index in [2.05, 4.69) is 14.9 Å². The number of piperidine rings is 1. The summed E-state index contributed by atoms with van der Waals surface area (Å²) in [6.07, 6.45) is 5.47. The Hall–Kier alpha value is -1.16. The molecule has 2 N–H and O–H groups in total. The fourth-order valence-electron chi connectivity index (χ4n) is 1.79. The highest BCUT2D eigenvalue weighted by Crippen LogP contribution is 2.16. The van der Waals surface area contributed by atoms with Crippen molar-refractivity contribution in [2.45, 2.75) is 25.8 Å². The van der Waals surface area contributed by atoms with E-state index in [0.29, 0.717) is 6.54 Å². The molecule has 0 atom stereocenters. The van der Waals surface area contributed by atoms with Gasteiger partial charge in [-0.2, -0.15) is 0 Å². The first-order chi connectivity index (χ1) is 6.90. The van der Waals surface area contributed by atoms with Crippen LogP contribution in [0.2, 0.25) is 0 Å². The van der Waals surface area contributed by atoms with Crippen LogP contribution in [0.5, 0.6) is 0 Å². The molecule has 4 heteroatoms. The zero-order valence-electron chi connectivity index (χ0n) is 8.32. The maximum atomic E-state index is 5.54. The van der Waals surface area contributed by atoms with Crippen molar-refractivity contribution in [1.29, 1.82) is 0 Å². The smallest absolute Gasteiger partial charge is 0.132 e. The van der Waals surface area contributed by atoms with Gasteiger partial charge in [0.2, 0.25) is 0 Å². The molecule has 0 saturated carbocycles. The summed E-state index contributed by atoms with van der Waals surface area (Å²) < 4.78 is 0. The first kappa shape index (κ1) is 9.40. The summed E-state index contributed by atoms with van der Waals surface area (Å²) in [7, 11) is 0. The van der Waals surface area contributed by atoms with Crippen LogP contribution in [0.4, 0.5) is 5.82 Å². The van der Waals surface area contributed by atoms with Crippen molar-refractivity contribution >= 4 is 5.82 Å². The number of hydrogen-bond acceptors (Lipinski definition) is 4. The minimum absolute atomic E-state index is 0.489. The maximum Gasteiger partial charge on any atom is 0.132 e. The lowest BCUT2D eigenvalue weighted by molar-refractivity contribution is 0.572. The third-order valence-electron chi connectivity index (χ3n) is 2.60. The van der Waals surface area contributed by atoms with E-state index in [1.165, 1.54) is 19.3 Å². The highest BCUT2D eigenvalue weighted by atomic mass is 15.2. The minimum atomic E-state index is 0.489. The quantitative estimate of drug-likeness (QED) is 0.757. The van der Waals surface area contributed by atoms with Crippen LogP contribution < -0.4 is 10.6 Å². The van der Waals surface area contributed by atoms with E-state index in [1.54, 1.807) is 6.33 Å². The average Bonchev–Trinajstić information content (AvgIpc) is 2.30. The van der Waals surface area contributed by atoms with E-state index in [4.69, 9.17) is 5.73 Å². The molecule has 1 aliphatic heterocycles. The fourth-order valence-corrected chi connectivity index (χ4v) is 1.79. The van der Waals surface area contributed by atoms with Gasteiger partial charge in [0.1, 0.15) is 12.1 Å². The molecule has 1 saturated heterocycles. The van der Waals surface area contributed by atoms with Crippen LogP contribution in [0.25, 0.3) is 0 Å². The molecule has 1 aromatic rings.